The minimum atomic E-state index is -1.70. The van der Waals surface area contributed by atoms with Crippen molar-refractivity contribution in [2.24, 2.45) is 0 Å². The van der Waals surface area contributed by atoms with E-state index >= 15 is 0 Å². The van der Waals surface area contributed by atoms with E-state index in [0.717, 1.165) is 21.3 Å². The zero-order valence-corrected chi connectivity index (χ0v) is 38.9. The minimum Gasteiger partial charge on any atom is -0.467 e. The van der Waals surface area contributed by atoms with Gasteiger partial charge in [-0.1, -0.05) is 36.4 Å². The summed E-state index contributed by atoms with van der Waals surface area (Å²) in [5.41, 5.74) is -1.22. The first-order valence-corrected chi connectivity index (χ1v) is 23.2. The summed E-state index contributed by atoms with van der Waals surface area (Å²) >= 11 is 2.96. The highest BCUT2D eigenvalue weighted by Gasteiger charge is 2.59. The highest BCUT2D eigenvalue weighted by molar-refractivity contribution is 7.08. The molecule has 2 amide bonds. The molecule has 0 atom stereocenters. The van der Waals surface area contributed by atoms with E-state index in [4.69, 9.17) is 28.8 Å². The molecule has 66 heavy (non-hydrogen) atoms. The van der Waals surface area contributed by atoms with Crippen LogP contribution in [0.2, 0.25) is 0 Å². The van der Waals surface area contributed by atoms with Crippen molar-refractivity contribution in [1.29, 1.82) is 0 Å². The fourth-order valence-electron chi connectivity index (χ4n) is 8.60. The number of likely N-dealkylation sites (tertiary alicyclic amines) is 2. The molecular formula is C46H54F2N4O12S2+2. The lowest BCUT2D eigenvalue weighted by molar-refractivity contribution is -1.10. The maximum atomic E-state index is 14.6. The van der Waals surface area contributed by atoms with Gasteiger partial charge in [-0.3, -0.25) is 28.9 Å². The Hall–Kier alpha value is -5.64. The highest BCUT2D eigenvalue weighted by atomic mass is 32.1. The van der Waals surface area contributed by atoms with Crippen molar-refractivity contribution >= 4 is 58.4 Å². The summed E-state index contributed by atoms with van der Waals surface area (Å²) in [4.78, 5) is 106. The predicted molar refractivity (Wildman–Crippen MR) is 233 cm³/mol. The van der Waals surface area contributed by atoms with E-state index in [2.05, 4.69) is 0 Å². The summed E-state index contributed by atoms with van der Waals surface area (Å²) < 4.78 is 38.7. The van der Waals surface area contributed by atoms with Gasteiger partial charge in [0.15, 0.2) is 11.1 Å². The number of benzene rings is 2. The maximum absolute atomic E-state index is 14.6. The molecule has 20 heteroatoms. The molecule has 2 aromatic carbocycles. The molecule has 0 bridgehead atoms. The van der Waals surface area contributed by atoms with Gasteiger partial charge < -0.3 is 9.47 Å². The second kappa shape index (κ2) is 21.8. The average Bonchev–Trinajstić information content (AvgIpc) is 4.05. The van der Waals surface area contributed by atoms with Crippen LogP contribution >= 0.6 is 22.7 Å². The second-order valence-corrected chi connectivity index (χ2v) is 17.9. The molecule has 2 aromatic heterocycles. The molecular weight excluding hydrogens is 903 g/mol. The Kier molecular flexibility index (Phi) is 16.4. The van der Waals surface area contributed by atoms with Crippen LogP contribution in [-0.2, 0) is 83.6 Å². The summed E-state index contributed by atoms with van der Waals surface area (Å²) in [6, 6.07) is 15.5. The standard InChI is InChI=1S/C46H54F2N4O12S2/c1-33(53)49(61-29-37-9-5-7-11-39(37)47)45(43(57)59-3)17-23-51(24-18-45,21-13-35-15-27-65-31-35)63-41(55)42(56)64-52(22-14-36-16-28-66-32-36)25-19-46(20-26-52,44(58)60-4)50(34(2)54)62-30-38-10-6-8-12-40(38)48/h5-12,15-16,27-28,31-32H,13-14,17-26,29-30H2,1-4H3/q+2. The number of ether oxygens (including phenoxy) is 2. The van der Waals surface area contributed by atoms with E-state index in [1.54, 1.807) is 12.1 Å². The number of rotatable bonds is 18. The molecule has 4 aromatic rings. The Balaban J connectivity index is 1.24. The molecule has 6 rings (SSSR count). The Labute approximate surface area is 389 Å². The summed E-state index contributed by atoms with van der Waals surface area (Å²) in [5.74, 6) is -6.64. The Morgan fingerprint density at radius 1 is 0.591 bits per heavy atom. The predicted octanol–water partition coefficient (Wildman–Crippen LogP) is 5.79. The van der Waals surface area contributed by atoms with Crippen LogP contribution in [0.4, 0.5) is 8.78 Å². The number of thiophene rings is 2. The maximum Gasteiger partial charge on any atom is 0.480 e. The molecule has 2 aliphatic heterocycles. The number of piperidine rings is 2. The molecule has 2 aliphatic rings. The number of methoxy groups -OCH3 is 2. The van der Waals surface area contributed by atoms with Crippen molar-refractivity contribution in [1.82, 2.24) is 10.1 Å². The summed E-state index contributed by atoms with van der Waals surface area (Å²) in [5, 5.41) is 9.48. The number of halogens is 2. The molecule has 0 spiro atoms. The minimum absolute atomic E-state index is 0.0708. The number of carbonyl (C=O) groups excluding carboxylic acids is 6. The first-order valence-electron chi connectivity index (χ1n) is 21.3. The molecule has 0 unspecified atom stereocenters. The van der Waals surface area contributed by atoms with Crippen molar-refractivity contribution in [2.45, 2.75) is 76.7 Å². The van der Waals surface area contributed by atoms with E-state index in [0.29, 0.717) is 12.8 Å². The number of quaternary nitrogens is 2. The van der Waals surface area contributed by atoms with Crippen LogP contribution in [-0.4, -0.2) is 120 Å². The van der Waals surface area contributed by atoms with E-state index < -0.39 is 67.7 Å². The van der Waals surface area contributed by atoms with Gasteiger partial charge in [-0.2, -0.15) is 22.7 Å². The van der Waals surface area contributed by atoms with Gasteiger partial charge in [-0.25, -0.2) is 38.1 Å². The van der Waals surface area contributed by atoms with Crippen LogP contribution < -0.4 is 0 Å². The molecule has 2 saturated heterocycles. The van der Waals surface area contributed by atoms with E-state index in [9.17, 15) is 37.5 Å². The topological polar surface area (TPSA) is 164 Å². The summed E-state index contributed by atoms with van der Waals surface area (Å²) in [7, 11) is 2.35. The first-order chi connectivity index (χ1) is 31.6. The molecule has 0 aliphatic carbocycles. The number of nitrogens with zero attached hydrogens (tertiary/aromatic N) is 4. The van der Waals surface area contributed by atoms with Crippen LogP contribution in [0.1, 0.15) is 61.8 Å². The van der Waals surface area contributed by atoms with Gasteiger partial charge in [0.1, 0.15) is 64.1 Å². The third-order valence-corrected chi connectivity index (χ3v) is 13.8. The molecule has 0 N–H and O–H groups in total. The fraction of sp³-hybridized carbons (Fsp3) is 0.435. The number of amides is 2. The molecule has 354 valence electrons. The van der Waals surface area contributed by atoms with Crippen LogP contribution in [0.25, 0.3) is 0 Å². The Morgan fingerprint density at radius 3 is 1.26 bits per heavy atom. The van der Waals surface area contributed by atoms with Gasteiger partial charge >= 0.3 is 23.9 Å². The molecule has 2 fully saturated rings. The zero-order valence-electron chi connectivity index (χ0n) is 37.2. The third-order valence-electron chi connectivity index (χ3n) is 12.3. The first kappa shape index (κ1) is 49.8. The van der Waals surface area contributed by atoms with E-state index in [1.807, 2.05) is 33.7 Å². The van der Waals surface area contributed by atoms with Crippen molar-refractivity contribution < 1.29 is 75.7 Å². The number of hydroxylamine groups is 10. The third kappa shape index (κ3) is 11.3. The smallest absolute Gasteiger partial charge is 0.467 e. The van der Waals surface area contributed by atoms with Gasteiger partial charge in [0.05, 0.1) is 14.2 Å². The zero-order chi connectivity index (χ0) is 47.5. The monoisotopic (exact) mass is 956 g/mol. The van der Waals surface area contributed by atoms with Crippen LogP contribution in [0.5, 0.6) is 0 Å². The Morgan fingerprint density at radius 2 is 0.955 bits per heavy atom. The van der Waals surface area contributed by atoms with Gasteiger partial charge in [0.25, 0.3) is 0 Å². The highest BCUT2D eigenvalue weighted by Crippen LogP contribution is 2.38. The number of hydrogen-bond acceptors (Lipinski definition) is 14. The number of hydrogen-bond donors (Lipinski definition) is 0. The quantitative estimate of drug-likeness (QED) is 0.0511. The number of carbonyl (C=O) groups is 6. The van der Waals surface area contributed by atoms with Crippen LogP contribution in [0.15, 0.2) is 82.2 Å². The average molecular weight is 957 g/mol. The van der Waals surface area contributed by atoms with Crippen molar-refractivity contribution in [2.75, 3.05) is 53.5 Å². The molecule has 0 radical (unpaired) electrons. The van der Waals surface area contributed by atoms with Gasteiger partial charge in [-0.15, -0.1) is 9.29 Å². The van der Waals surface area contributed by atoms with Gasteiger partial charge in [0.2, 0.25) is 11.8 Å². The normalized spacial score (nSPS) is 22.7. The van der Waals surface area contributed by atoms with Gasteiger partial charge in [0, 0.05) is 63.5 Å². The van der Waals surface area contributed by atoms with Crippen molar-refractivity contribution in [3.63, 3.8) is 0 Å². The Bertz CT molecular complexity index is 2170. The molecule has 16 nitrogen and oxygen atoms in total. The SMILES string of the molecule is COC(=O)C1(N(OCc2ccccc2F)C(C)=O)CC[N+](CCc2ccsc2)(OC(=O)C(=O)O[N+]2(CCc3ccsc3)CCC(C(=O)OC)(N(OCc3ccccc3F)C(C)=O)CC2)CC1. The summed E-state index contributed by atoms with van der Waals surface area (Å²) in [6.07, 6.45) is 0.293. The van der Waals surface area contributed by atoms with E-state index in [-0.39, 0.29) is 89.3 Å². The van der Waals surface area contributed by atoms with Gasteiger partial charge in [-0.05, 0) is 56.9 Å². The largest absolute Gasteiger partial charge is 0.480 e. The number of esters is 2. The molecule has 4 heterocycles. The lowest BCUT2D eigenvalue weighted by atomic mass is 9.86. The van der Waals surface area contributed by atoms with Crippen LogP contribution in [0.3, 0.4) is 0 Å². The van der Waals surface area contributed by atoms with Crippen molar-refractivity contribution in [3.05, 3.63) is 116 Å². The van der Waals surface area contributed by atoms with Crippen molar-refractivity contribution in [3.8, 4) is 0 Å². The fourth-order valence-corrected chi connectivity index (χ4v) is 10.0. The second-order valence-electron chi connectivity index (χ2n) is 16.4. The lowest BCUT2D eigenvalue weighted by Gasteiger charge is -2.47. The van der Waals surface area contributed by atoms with E-state index in [1.165, 1.54) is 87.1 Å². The lowest BCUT2D eigenvalue weighted by Crippen LogP contribution is -2.68. The van der Waals surface area contributed by atoms with Crippen LogP contribution in [0, 0.1) is 11.6 Å². The summed E-state index contributed by atoms with van der Waals surface area (Å²) in [6.45, 7) is 1.75. The molecule has 0 saturated carbocycles.